The second-order valence-corrected chi connectivity index (χ2v) is 7.53. The standard InChI is InChI=1S/C17H20N4O4S/c22-15(12-4-2-7-21(12)17-18-5-8-26-17)20-6-1-3-11(9-20)14-13(16(23)24)19-10-25-14/h5,8,10-12H,1-4,6-7,9H2,(H,23,24). The predicted molar refractivity (Wildman–Crippen MR) is 94.5 cm³/mol. The first-order chi connectivity index (χ1) is 12.6. The molecule has 1 amide bonds. The van der Waals surface area contributed by atoms with Crippen LogP contribution in [0.4, 0.5) is 5.13 Å². The number of carboxylic acids is 1. The maximum atomic E-state index is 13.1. The van der Waals surface area contributed by atoms with E-state index >= 15 is 0 Å². The van der Waals surface area contributed by atoms with Gasteiger partial charge in [-0.3, -0.25) is 4.79 Å². The lowest BCUT2D eigenvalue weighted by Crippen LogP contribution is -2.49. The smallest absolute Gasteiger partial charge is 0.358 e. The lowest BCUT2D eigenvalue weighted by molar-refractivity contribution is -0.133. The fourth-order valence-electron chi connectivity index (χ4n) is 3.92. The minimum absolute atomic E-state index is 0.0467. The van der Waals surface area contributed by atoms with E-state index in [9.17, 15) is 14.7 Å². The maximum Gasteiger partial charge on any atom is 0.358 e. The largest absolute Gasteiger partial charge is 0.476 e. The van der Waals surface area contributed by atoms with Crippen LogP contribution < -0.4 is 4.90 Å². The highest BCUT2D eigenvalue weighted by atomic mass is 32.1. The molecule has 8 nitrogen and oxygen atoms in total. The Morgan fingerprint density at radius 1 is 1.23 bits per heavy atom. The number of carbonyl (C=O) groups is 2. The van der Waals surface area contributed by atoms with Crippen molar-refractivity contribution in [3.63, 3.8) is 0 Å². The molecule has 0 aliphatic carbocycles. The molecule has 2 atom stereocenters. The van der Waals surface area contributed by atoms with E-state index in [-0.39, 0.29) is 23.6 Å². The van der Waals surface area contributed by atoms with Crippen molar-refractivity contribution >= 4 is 28.3 Å². The lowest BCUT2D eigenvalue weighted by atomic mass is 9.93. The molecule has 2 saturated heterocycles. The van der Waals surface area contributed by atoms with E-state index in [1.807, 2.05) is 10.3 Å². The molecule has 2 aliphatic heterocycles. The molecule has 2 aromatic rings. The van der Waals surface area contributed by atoms with Gasteiger partial charge in [0.2, 0.25) is 5.91 Å². The Kier molecular flexibility index (Phi) is 4.62. The molecule has 0 radical (unpaired) electrons. The molecule has 26 heavy (non-hydrogen) atoms. The van der Waals surface area contributed by atoms with Gasteiger partial charge in [0.05, 0.1) is 0 Å². The highest BCUT2D eigenvalue weighted by Crippen LogP contribution is 2.32. The molecule has 0 saturated carbocycles. The van der Waals surface area contributed by atoms with Gasteiger partial charge in [0.15, 0.2) is 17.2 Å². The van der Waals surface area contributed by atoms with Crippen molar-refractivity contribution in [2.45, 2.75) is 37.6 Å². The molecule has 4 rings (SSSR count). The molecule has 2 aliphatic rings. The average Bonchev–Trinajstić information content (AvgIpc) is 3.41. The summed E-state index contributed by atoms with van der Waals surface area (Å²) in [5, 5.41) is 12.1. The number of oxazole rings is 1. The van der Waals surface area contributed by atoms with Crippen molar-refractivity contribution < 1.29 is 19.1 Å². The summed E-state index contributed by atoms with van der Waals surface area (Å²) >= 11 is 1.55. The van der Waals surface area contributed by atoms with E-state index in [2.05, 4.69) is 14.9 Å². The molecule has 0 spiro atoms. The van der Waals surface area contributed by atoms with Gasteiger partial charge < -0.3 is 19.3 Å². The van der Waals surface area contributed by atoms with E-state index in [4.69, 9.17) is 4.42 Å². The van der Waals surface area contributed by atoms with E-state index in [0.29, 0.717) is 18.8 Å². The minimum atomic E-state index is -1.09. The third-order valence-corrected chi connectivity index (χ3v) is 5.91. The van der Waals surface area contributed by atoms with Crippen LogP contribution >= 0.6 is 11.3 Å². The summed E-state index contributed by atoms with van der Waals surface area (Å²) in [5.41, 5.74) is -0.0467. The van der Waals surface area contributed by atoms with Gasteiger partial charge in [-0.2, -0.15) is 0 Å². The lowest BCUT2D eigenvalue weighted by Gasteiger charge is -2.35. The Morgan fingerprint density at radius 3 is 2.85 bits per heavy atom. The van der Waals surface area contributed by atoms with E-state index in [0.717, 1.165) is 37.4 Å². The summed E-state index contributed by atoms with van der Waals surface area (Å²) < 4.78 is 5.35. The first kappa shape index (κ1) is 17.0. The first-order valence-corrected chi connectivity index (χ1v) is 9.64. The van der Waals surface area contributed by atoms with Gasteiger partial charge in [-0.25, -0.2) is 14.8 Å². The van der Waals surface area contributed by atoms with Crippen LogP contribution in [0.25, 0.3) is 0 Å². The topological polar surface area (TPSA) is 99.8 Å². The molecule has 0 aromatic carbocycles. The number of nitrogens with zero attached hydrogens (tertiary/aromatic N) is 4. The molecule has 9 heteroatoms. The number of carbonyl (C=O) groups excluding carboxylic acids is 1. The Bertz CT molecular complexity index is 791. The number of anilines is 1. The minimum Gasteiger partial charge on any atom is -0.476 e. The van der Waals surface area contributed by atoms with Crippen LogP contribution in [0, 0.1) is 0 Å². The summed E-state index contributed by atoms with van der Waals surface area (Å²) in [6, 6.07) is -0.187. The number of likely N-dealkylation sites (tertiary alicyclic amines) is 1. The zero-order valence-corrected chi connectivity index (χ0v) is 15.0. The Labute approximate surface area is 154 Å². The number of thiazole rings is 1. The van der Waals surface area contributed by atoms with E-state index < -0.39 is 5.97 Å². The van der Waals surface area contributed by atoms with Crippen molar-refractivity contribution in [1.82, 2.24) is 14.9 Å². The normalized spacial score (nSPS) is 23.4. The fraction of sp³-hybridized carbons (Fsp3) is 0.529. The molecular formula is C17H20N4O4S. The van der Waals surface area contributed by atoms with Crippen LogP contribution in [-0.2, 0) is 4.79 Å². The van der Waals surface area contributed by atoms with Gasteiger partial charge >= 0.3 is 5.97 Å². The third kappa shape index (κ3) is 3.07. The Morgan fingerprint density at radius 2 is 2.08 bits per heavy atom. The van der Waals surface area contributed by atoms with Crippen LogP contribution in [0.5, 0.6) is 0 Å². The zero-order valence-electron chi connectivity index (χ0n) is 14.2. The third-order valence-electron chi connectivity index (χ3n) is 5.10. The van der Waals surface area contributed by atoms with E-state index in [1.54, 1.807) is 17.5 Å². The molecule has 138 valence electrons. The molecule has 2 fully saturated rings. The van der Waals surface area contributed by atoms with Crippen molar-refractivity contribution in [1.29, 1.82) is 0 Å². The summed E-state index contributed by atoms with van der Waals surface area (Å²) in [5.74, 6) is -0.754. The van der Waals surface area contributed by atoms with Crippen molar-refractivity contribution in [3.05, 3.63) is 29.4 Å². The SMILES string of the molecule is O=C(O)c1ncoc1C1CCCN(C(=O)C2CCCN2c2nccs2)C1. The quantitative estimate of drug-likeness (QED) is 0.873. The predicted octanol–water partition coefficient (Wildman–Crippen LogP) is 2.20. The Hall–Kier alpha value is -2.42. The number of carboxylic acid groups (broad SMARTS) is 1. The zero-order chi connectivity index (χ0) is 18.1. The second kappa shape index (κ2) is 7.06. The Balaban J connectivity index is 1.50. The van der Waals surface area contributed by atoms with Crippen LogP contribution in [0.2, 0.25) is 0 Å². The number of piperidine rings is 1. The second-order valence-electron chi connectivity index (χ2n) is 6.66. The number of aromatic nitrogens is 2. The summed E-state index contributed by atoms with van der Waals surface area (Å²) in [6.45, 7) is 2.00. The number of rotatable bonds is 4. The number of aromatic carboxylic acids is 1. The van der Waals surface area contributed by atoms with E-state index in [1.165, 1.54) is 6.39 Å². The molecule has 4 heterocycles. The van der Waals surface area contributed by atoms with Crippen molar-refractivity contribution in [2.75, 3.05) is 24.5 Å². The summed E-state index contributed by atoms with van der Waals surface area (Å²) in [7, 11) is 0. The van der Waals surface area contributed by atoms with Gasteiger partial charge in [-0.1, -0.05) is 0 Å². The van der Waals surface area contributed by atoms with Gasteiger partial charge in [0.1, 0.15) is 11.8 Å². The maximum absolute atomic E-state index is 13.1. The highest BCUT2D eigenvalue weighted by molar-refractivity contribution is 7.13. The number of hydrogen-bond acceptors (Lipinski definition) is 7. The summed E-state index contributed by atoms with van der Waals surface area (Å²) in [6.07, 6.45) is 6.33. The first-order valence-electron chi connectivity index (χ1n) is 8.76. The van der Waals surface area contributed by atoms with Crippen LogP contribution in [0.1, 0.15) is 47.8 Å². The van der Waals surface area contributed by atoms with Crippen LogP contribution in [-0.4, -0.2) is 57.5 Å². The molecule has 2 unspecified atom stereocenters. The number of hydrogen-bond donors (Lipinski definition) is 1. The number of amides is 1. The van der Waals surface area contributed by atoms with Crippen molar-refractivity contribution in [2.24, 2.45) is 0 Å². The fourth-order valence-corrected chi connectivity index (χ4v) is 4.64. The van der Waals surface area contributed by atoms with Gasteiger partial charge in [0, 0.05) is 37.1 Å². The summed E-state index contributed by atoms with van der Waals surface area (Å²) in [4.78, 5) is 36.5. The van der Waals surface area contributed by atoms with Crippen LogP contribution in [0.3, 0.4) is 0 Å². The molecule has 2 aromatic heterocycles. The molecule has 1 N–H and O–H groups in total. The van der Waals surface area contributed by atoms with Gasteiger partial charge in [-0.15, -0.1) is 11.3 Å². The molecular weight excluding hydrogens is 356 g/mol. The molecule has 0 bridgehead atoms. The highest BCUT2D eigenvalue weighted by Gasteiger charge is 2.38. The van der Waals surface area contributed by atoms with Crippen molar-refractivity contribution in [3.8, 4) is 0 Å². The average molecular weight is 376 g/mol. The van der Waals surface area contributed by atoms with Gasteiger partial charge in [-0.05, 0) is 25.7 Å². The van der Waals surface area contributed by atoms with Gasteiger partial charge in [0.25, 0.3) is 0 Å². The van der Waals surface area contributed by atoms with Crippen LogP contribution in [0.15, 0.2) is 22.4 Å². The monoisotopic (exact) mass is 376 g/mol.